The molecule has 0 saturated carbocycles. The van der Waals surface area contributed by atoms with E-state index >= 15 is 0 Å². The molecular formula is C24H24ClN9. The van der Waals surface area contributed by atoms with Crippen molar-refractivity contribution in [3.05, 3.63) is 88.2 Å². The number of anilines is 2. The lowest BCUT2D eigenvalue weighted by Gasteiger charge is -2.12. The van der Waals surface area contributed by atoms with Crippen LogP contribution in [0.4, 0.5) is 11.6 Å². The van der Waals surface area contributed by atoms with Crippen LogP contribution >= 0.6 is 11.6 Å². The smallest absolute Gasteiger partial charge is 0.186 e. The van der Waals surface area contributed by atoms with Crippen molar-refractivity contribution in [2.24, 2.45) is 0 Å². The average Bonchev–Trinajstić information content (AvgIpc) is 3.40. The highest BCUT2D eigenvalue weighted by atomic mass is 35.5. The molecule has 4 heterocycles. The summed E-state index contributed by atoms with van der Waals surface area (Å²) in [6.45, 7) is 5.88. The van der Waals surface area contributed by atoms with E-state index in [1.807, 2.05) is 41.7 Å². The van der Waals surface area contributed by atoms with Gasteiger partial charge in [-0.1, -0.05) is 35.9 Å². The number of nitrogens with one attached hydrogen (secondary N) is 1. The van der Waals surface area contributed by atoms with Crippen LogP contribution in [0.5, 0.6) is 0 Å². The predicted molar refractivity (Wildman–Crippen MR) is 133 cm³/mol. The zero-order chi connectivity index (χ0) is 23.7. The highest BCUT2D eigenvalue weighted by Gasteiger charge is 2.11. The van der Waals surface area contributed by atoms with Gasteiger partial charge in [0.05, 0.1) is 29.7 Å². The fourth-order valence-electron chi connectivity index (χ4n) is 3.98. The van der Waals surface area contributed by atoms with Crippen LogP contribution in [0.3, 0.4) is 0 Å². The minimum Gasteiger partial charge on any atom is -0.384 e. The number of halogens is 1. The fourth-order valence-corrected chi connectivity index (χ4v) is 4.14. The third-order valence-corrected chi connectivity index (χ3v) is 5.88. The van der Waals surface area contributed by atoms with E-state index in [9.17, 15) is 0 Å². The first-order valence-corrected chi connectivity index (χ1v) is 11.2. The molecule has 0 aliphatic carbocycles. The third kappa shape index (κ3) is 4.69. The predicted octanol–water partition coefficient (Wildman–Crippen LogP) is 3.98. The van der Waals surface area contributed by atoms with E-state index in [-0.39, 0.29) is 0 Å². The summed E-state index contributed by atoms with van der Waals surface area (Å²) in [5.74, 6) is 1.27. The number of aryl methyl sites for hydroxylation is 2. The van der Waals surface area contributed by atoms with Gasteiger partial charge in [0.25, 0.3) is 0 Å². The van der Waals surface area contributed by atoms with E-state index in [1.165, 1.54) is 6.33 Å². The zero-order valence-corrected chi connectivity index (χ0v) is 19.7. The normalized spacial score (nSPS) is 11.3. The summed E-state index contributed by atoms with van der Waals surface area (Å²) in [6, 6.07) is 10.3. The molecule has 0 aliphatic heterocycles. The Kier molecular flexibility index (Phi) is 5.85. The molecule has 9 nitrogen and oxygen atoms in total. The van der Waals surface area contributed by atoms with E-state index in [1.54, 1.807) is 6.20 Å². The molecule has 10 heteroatoms. The number of hydrogen-bond acceptors (Lipinski definition) is 7. The summed E-state index contributed by atoms with van der Waals surface area (Å²) < 4.78 is 3.70. The van der Waals surface area contributed by atoms with Gasteiger partial charge in [0.1, 0.15) is 18.0 Å². The van der Waals surface area contributed by atoms with Gasteiger partial charge in [-0.15, -0.1) is 0 Å². The Morgan fingerprint density at radius 2 is 1.74 bits per heavy atom. The van der Waals surface area contributed by atoms with Gasteiger partial charge in [-0.2, -0.15) is 10.2 Å². The Balaban J connectivity index is 1.30. The fraction of sp³-hybridized carbons (Fsp3) is 0.208. The van der Waals surface area contributed by atoms with Gasteiger partial charge in [-0.05, 0) is 42.2 Å². The molecule has 0 fully saturated rings. The lowest BCUT2D eigenvalue weighted by Crippen LogP contribution is -2.08. The third-order valence-electron chi connectivity index (χ3n) is 5.68. The number of rotatable bonds is 7. The molecule has 0 aliphatic rings. The first-order chi connectivity index (χ1) is 16.4. The molecule has 5 rings (SSSR count). The molecule has 1 aromatic carbocycles. The van der Waals surface area contributed by atoms with Gasteiger partial charge in [-0.25, -0.2) is 15.0 Å². The van der Waals surface area contributed by atoms with E-state index in [0.717, 1.165) is 39.2 Å². The summed E-state index contributed by atoms with van der Waals surface area (Å²) >= 11 is 5.94. The topological polar surface area (TPSA) is 112 Å². The Bertz CT molecular complexity index is 1430. The summed E-state index contributed by atoms with van der Waals surface area (Å²) in [4.78, 5) is 13.1. The quantitative estimate of drug-likeness (QED) is 0.367. The maximum atomic E-state index is 5.94. The van der Waals surface area contributed by atoms with Crippen molar-refractivity contribution in [3.8, 4) is 0 Å². The standard InChI is InChI=1S/C24H24ClN9/c1-15-7-22(26)31-16(2)20(15)9-27-23-21-13-34(32-24(21)29-14-28-23)11-18-5-3-17(4-6-18)10-33-12-19(25)8-30-33/h3-8,12-14H,9-11H2,1-2H3,(H2,26,31)(H,27,28,29,32). The second-order valence-electron chi connectivity index (χ2n) is 8.24. The molecule has 3 N–H and O–H groups in total. The Morgan fingerprint density at radius 1 is 1.00 bits per heavy atom. The second-order valence-corrected chi connectivity index (χ2v) is 8.68. The molecular weight excluding hydrogens is 450 g/mol. The number of nitrogen functional groups attached to an aromatic ring is 1. The number of nitrogens with two attached hydrogens (primary N) is 1. The van der Waals surface area contributed by atoms with Crippen molar-refractivity contribution in [2.75, 3.05) is 11.1 Å². The Morgan fingerprint density at radius 3 is 2.41 bits per heavy atom. The molecule has 0 radical (unpaired) electrons. The molecule has 172 valence electrons. The van der Waals surface area contributed by atoms with Crippen molar-refractivity contribution in [2.45, 2.75) is 33.5 Å². The first kappa shape index (κ1) is 21.8. The zero-order valence-electron chi connectivity index (χ0n) is 18.9. The van der Waals surface area contributed by atoms with Crippen molar-refractivity contribution >= 4 is 34.3 Å². The first-order valence-electron chi connectivity index (χ1n) is 10.8. The largest absolute Gasteiger partial charge is 0.384 e. The van der Waals surface area contributed by atoms with Crippen molar-refractivity contribution in [1.82, 2.24) is 34.5 Å². The van der Waals surface area contributed by atoms with E-state index in [0.29, 0.717) is 36.1 Å². The summed E-state index contributed by atoms with van der Waals surface area (Å²) in [6.07, 6.45) is 6.95. The molecule has 0 unspecified atom stereocenters. The lowest BCUT2D eigenvalue weighted by molar-refractivity contribution is 0.681. The van der Waals surface area contributed by atoms with Crippen LogP contribution in [-0.4, -0.2) is 34.5 Å². The molecule has 0 bridgehead atoms. The van der Waals surface area contributed by atoms with E-state index in [4.69, 9.17) is 17.3 Å². The van der Waals surface area contributed by atoms with Crippen LogP contribution in [0.25, 0.3) is 11.0 Å². The lowest BCUT2D eigenvalue weighted by atomic mass is 10.1. The molecule has 0 amide bonds. The number of benzene rings is 1. The van der Waals surface area contributed by atoms with Crippen LogP contribution in [0.1, 0.15) is 27.9 Å². The van der Waals surface area contributed by atoms with Crippen LogP contribution in [0, 0.1) is 13.8 Å². The highest BCUT2D eigenvalue weighted by Crippen LogP contribution is 2.21. The van der Waals surface area contributed by atoms with Gasteiger partial charge in [0, 0.05) is 24.6 Å². The van der Waals surface area contributed by atoms with Gasteiger partial charge < -0.3 is 11.1 Å². The minimum atomic E-state index is 0.531. The van der Waals surface area contributed by atoms with Crippen LogP contribution in [0.2, 0.25) is 5.02 Å². The van der Waals surface area contributed by atoms with E-state index < -0.39 is 0 Å². The second kappa shape index (κ2) is 9.11. The van der Waals surface area contributed by atoms with Crippen LogP contribution in [-0.2, 0) is 19.6 Å². The number of pyridine rings is 1. The summed E-state index contributed by atoms with van der Waals surface area (Å²) in [7, 11) is 0. The van der Waals surface area contributed by atoms with Crippen LogP contribution < -0.4 is 11.1 Å². The van der Waals surface area contributed by atoms with Gasteiger partial charge in [0.2, 0.25) is 0 Å². The SMILES string of the molecule is Cc1cc(N)nc(C)c1CNc1ncnc2nn(Cc3ccc(Cn4cc(Cl)cn4)cc3)cc12. The van der Waals surface area contributed by atoms with Crippen LogP contribution in [0.15, 0.2) is 55.2 Å². The highest BCUT2D eigenvalue weighted by molar-refractivity contribution is 6.30. The molecule has 0 saturated heterocycles. The monoisotopic (exact) mass is 473 g/mol. The molecule has 34 heavy (non-hydrogen) atoms. The van der Waals surface area contributed by atoms with Gasteiger partial charge in [-0.3, -0.25) is 9.36 Å². The molecule has 5 aromatic rings. The number of aromatic nitrogens is 7. The maximum absolute atomic E-state index is 5.94. The molecule has 0 atom stereocenters. The van der Waals surface area contributed by atoms with Crippen molar-refractivity contribution in [1.29, 1.82) is 0 Å². The summed E-state index contributed by atoms with van der Waals surface area (Å²) in [5, 5.41) is 13.8. The number of hydrogen-bond donors (Lipinski definition) is 2. The van der Waals surface area contributed by atoms with Crippen molar-refractivity contribution < 1.29 is 0 Å². The number of nitrogens with zero attached hydrogens (tertiary/aromatic N) is 7. The van der Waals surface area contributed by atoms with Crippen molar-refractivity contribution in [3.63, 3.8) is 0 Å². The minimum absolute atomic E-state index is 0.531. The van der Waals surface area contributed by atoms with Gasteiger partial charge in [0.15, 0.2) is 5.65 Å². The average molecular weight is 474 g/mol. The maximum Gasteiger partial charge on any atom is 0.186 e. The van der Waals surface area contributed by atoms with E-state index in [2.05, 4.69) is 54.7 Å². The molecule has 0 spiro atoms. The van der Waals surface area contributed by atoms with Gasteiger partial charge >= 0.3 is 0 Å². The molecule has 4 aromatic heterocycles. The number of fused-ring (bicyclic) bond motifs is 1. The summed E-state index contributed by atoms with van der Waals surface area (Å²) in [5.41, 5.74) is 11.9. The Labute approximate surface area is 201 Å². The Hall–Kier alpha value is -3.98.